The van der Waals surface area contributed by atoms with Gasteiger partial charge in [-0.25, -0.2) is 0 Å². The van der Waals surface area contributed by atoms with E-state index in [4.69, 9.17) is 0 Å². The van der Waals surface area contributed by atoms with E-state index in [9.17, 15) is 0 Å². The highest BCUT2D eigenvalue weighted by Crippen LogP contribution is 2.24. The van der Waals surface area contributed by atoms with E-state index in [1.54, 1.807) is 0 Å². The van der Waals surface area contributed by atoms with Gasteiger partial charge in [0.1, 0.15) is 0 Å². The van der Waals surface area contributed by atoms with Crippen LogP contribution >= 0.6 is 0 Å². The Morgan fingerprint density at radius 3 is 2.83 bits per heavy atom. The molecule has 1 heteroatoms. The van der Waals surface area contributed by atoms with Crippen molar-refractivity contribution >= 4 is 5.57 Å². The molecule has 1 aromatic rings. The lowest BCUT2D eigenvalue weighted by Gasteiger charge is -2.18. The average molecular weight is 159 g/mol. The summed E-state index contributed by atoms with van der Waals surface area (Å²) in [4.78, 5) is 0. The summed E-state index contributed by atoms with van der Waals surface area (Å²) in [5.74, 6) is 0. The molecule has 0 atom stereocenters. The van der Waals surface area contributed by atoms with Crippen molar-refractivity contribution in [3.63, 3.8) is 0 Å². The van der Waals surface area contributed by atoms with Crippen LogP contribution in [0.4, 0.5) is 0 Å². The zero-order valence-corrected chi connectivity index (χ0v) is 7.52. The minimum Gasteiger partial charge on any atom is -0.387 e. The molecular formula is C11H13N. The molecule has 1 nitrogen and oxygen atoms in total. The molecule has 2 rings (SSSR count). The van der Waals surface area contributed by atoms with Crippen molar-refractivity contribution in [1.29, 1.82) is 0 Å². The summed E-state index contributed by atoms with van der Waals surface area (Å²) >= 11 is 0. The Morgan fingerprint density at radius 1 is 1.25 bits per heavy atom. The summed E-state index contributed by atoms with van der Waals surface area (Å²) in [5, 5.41) is 3.27. The van der Waals surface area contributed by atoms with Gasteiger partial charge in [0, 0.05) is 12.7 Å². The van der Waals surface area contributed by atoms with Gasteiger partial charge < -0.3 is 5.32 Å². The summed E-state index contributed by atoms with van der Waals surface area (Å²) in [5.41, 5.74) is 5.55. The molecule has 0 saturated heterocycles. The fourth-order valence-electron chi connectivity index (χ4n) is 1.69. The van der Waals surface area contributed by atoms with Crippen molar-refractivity contribution in [3.8, 4) is 0 Å². The molecule has 0 unspecified atom stereocenters. The first-order valence-corrected chi connectivity index (χ1v) is 4.28. The van der Waals surface area contributed by atoms with Crippen molar-refractivity contribution in [2.45, 2.75) is 20.4 Å². The van der Waals surface area contributed by atoms with Crippen LogP contribution in [0.2, 0.25) is 0 Å². The Morgan fingerprint density at radius 2 is 2.08 bits per heavy atom. The Hall–Kier alpha value is -1.24. The molecule has 0 fully saturated rings. The molecule has 0 aliphatic carbocycles. The highest BCUT2D eigenvalue weighted by molar-refractivity contribution is 5.68. The number of nitrogens with one attached hydrogen (secondary N) is 1. The van der Waals surface area contributed by atoms with Crippen LogP contribution in [0.5, 0.6) is 0 Å². The first-order valence-electron chi connectivity index (χ1n) is 4.28. The van der Waals surface area contributed by atoms with Gasteiger partial charge in [-0.2, -0.15) is 0 Å². The minimum absolute atomic E-state index is 0.972. The van der Waals surface area contributed by atoms with Crippen molar-refractivity contribution in [3.05, 3.63) is 41.1 Å². The number of aryl methyl sites for hydroxylation is 1. The second-order valence-electron chi connectivity index (χ2n) is 3.31. The van der Waals surface area contributed by atoms with Gasteiger partial charge in [0.2, 0.25) is 0 Å². The predicted octanol–water partition coefficient (Wildman–Crippen LogP) is 2.46. The third kappa shape index (κ3) is 1.02. The largest absolute Gasteiger partial charge is 0.387 e. The van der Waals surface area contributed by atoms with Gasteiger partial charge in [0.05, 0.1) is 0 Å². The zero-order chi connectivity index (χ0) is 8.55. The highest BCUT2D eigenvalue weighted by atomic mass is 14.8. The molecule has 1 N–H and O–H groups in total. The van der Waals surface area contributed by atoms with Gasteiger partial charge in [-0.3, -0.25) is 0 Å². The van der Waals surface area contributed by atoms with Gasteiger partial charge in [-0.15, -0.1) is 0 Å². The summed E-state index contributed by atoms with van der Waals surface area (Å²) in [7, 11) is 0. The Kier molecular flexibility index (Phi) is 1.65. The lowest BCUT2D eigenvalue weighted by atomic mass is 9.95. The molecule has 1 heterocycles. The highest BCUT2D eigenvalue weighted by Gasteiger charge is 2.09. The quantitative estimate of drug-likeness (QED) is 0.613. The molecule has 1 aromatic carbocycles. The number of hydrogen-bond acceptors (Lipinski definition) is 1. The maximum absolute atomic E-state index is 3.27. The number of allylic oxidation sites excluding steroid dienone is 1. The van der Waals surface area contributed by atoms with Crippen molar-refractivity contribution in [2.75, 3.05) is 0 Å². The van der Waals surface area contributed by atoms with E-state index in [0.29, 0.717) is 0 Å². The van der Waals surface area contributed by atoms with Crippen LogP contribution in [0.1, 0.15) is 23.6 Å². The van der Waals surface area contributed by atoms with Gasteiger partial charge in [0.25, 0.3) is 0 Å². The molecule has 0 radical (unpaired) electrons. The van der Waals surface area contributed by atoms with Crippen LogP contribution in [0.3, 0.4) is 0 Å². The average Bonchev–Trinajstić information content (AvgIpc) is 2.07. The number of fused-ring (bicyclic) bond motifs is 1. The fraction of sp³-hybridized carbons (Fsp3) is 0.273. The molecule has 0 saturated carbocycles. The van der Waals surface area contributed by atoms with Crippen molar-refractivity contribution < 1.29 is 0 Å². The first-order chi connectivity index (χ1) is 5.79. The Bertz CT molecular complexity index is 337. The lowest BCUT2D eigenvalue weighted by molar-refractivity contribution is 0.843. The summed E-state index contributed by atoms with van der Waals surface area (Å²) in [6.45, 7) is 5.28. The van der Waals surface area contributed by atoms with Crippen molar-refractivity contribution in [2.24, 2.45) is 0 Å². The van der Waals surface area contributed by atoms with E-state index in [2.05, 4.69) is 43.6 Å². The van der Waals surface area contributed by atoms with Crippen molar-refractivity contribution in [1.82, 2.24) is 5.32 Å². The molecule has 0 aromatic heterocycles. The van der Waals surface area contributed by atoms with Gasteiger partial charge in [0.15, 0.2) is 0 Å². The van der Waals surface area contributed by atoms with Gasteiger partial charge in [-0.1, -0.05) is 18.2 Å². The molecule has 0 amide bonds. The standard InChI is InChI=1S/C11H13N/c1-8-4-3-5-10-9(2)6-12-7-11(8)10/h3-6,12H,7H2,1-2H3. The van der Waals surface area contributed by atoms with Crippen LogP contribution in [-0.4, -0.2) is 0 Å². The summed E-state index contributed by atoms with van der Waals surface area (Å²) < 4.78 is 0. The van der Waals surface area contributed by atoms with Crippen LogP contribution in [0, 0.1) is 6.92 Å². The van der Waals surface area contributed by atoms with E-state index >= 15 is 0 Å². The van der Waals surface area contributed by atoms with Gasteiger partial charge >= 0.3 is 0 Å². The second kappa shape index (κ2) is 2.67. The number of benzene rings is 1. The fourth-order valence-corrected chi connectivity index (χ4v) is 1.69. The third-order valence-corrected chi connectivity index (χ3v) is 2.43. The number of rotatable bonds is 0. The smallest absolute Gasteiger partial charge is 0.0404 e. The summed E-state index contributed by atoms with van der Waals surface area (Å²) in [6.07, 6.45) is 2.09. The molecule has 62 valence electrons. The van der Waals surface area contributed by atoms with E-state index < -0.39 is 0 Å². The number of hydrogen-bond donors (Lipinski definition) is 1. The van der Waals surface area contributed by atoms with Crippen LogP contribution in [0.25, 0.3) is 5.57 Å². The van der Waals surface area contributed by atoms with Crippen LogP contribution in [0.15, 0.2) is 24.4 Å². The van der Waals surface area contributed by atoms with E-state index in [0.717, 1.165) is 6.54 Å². The van der Waals surface area contributed by atoms with Crippen LogP contribution in [-0.2, 0) is 6.54 Å². The topological polar surface area (TPSA) is 12.0 Å². The molecule has 1 aliphatic rings. The molecule has 0 spiro atoms. The normalized spacial score (nSPS) is 14.7. The summed E-state index contributed by atoms with van der Waals surface area (Å²) in [6, 6.07) is 6.48. The zero-order valence-electron chi connectivity index (χ0n) is 7.52. The van der Waals surface area contributed by atoms with E-state index in [1.165, 1.54) is 22.3 Å². The maximum atomic E-state index is 3.27. The van der Waals surface area contributed by atoms with Crippen LogP contribution < -0.4 is 5.32 Å². The Labute approximate surface area is 73.1 Å². The van der Waals surface area contributed by atoms with E-state index in [1.807, 2.05) is 0 Å². The monoisotopic (exact) mass is 159 g/mol. The van der Waals surface area contributed by atoms with Gasteiger partial charge in [-0.05, 0) is 36.1 Å². The molecule has 0 bridgehead atoms. The lowest BCUT2D eigenvalue weighted by Crippen LogP contribution is -2.13. The molecule has 1 aliphatic heterocycles. The second-order valence-corrected chi connectivity index (χ2v) is 3.31. The molecular weight excluding hydrogens is 146 g/mol. The maximum Gasteiger partial charge on any atom is 0.0404 e. The molecule has 12 heavy (non-hydrogen) atoms. The Balaban J connectivity index is 2.62. The SMILES string of the molecule is CC1=CNCc2c(C)cccc21. The van der Waals surface area contributed by atoms with E-state index in [-0.39, 0.29) is 0 Å². The predicted molar refractivity (Wildman–Crippen MR) is 51.7 cm³/mol. The first kappa shape index (κ1) is 7.41. The minimum atomic E-state index is 0.972. The third-order valence-electron chi connectivity index (χ3n) is 2.43.